The standard InChI is InChI=1S/C18H10Br2Cl2N2O4/c1-28-15-8(4-9(19)6-12(15)20)5-11-16(25)23-18(27)24(17(11)26)10-2-3-13(21)14(22)7-10/h2-7H,1H3,(H,23,25,27)/b11-5+. The molecular weight excluding hydrogens is 539 g/mol. The highest BCUT2D eigenvalue weighted by Gasteiger charge is 2.37. The Hall–Kier alpha value is -1.87. The van der Waals surface area contributed by atoms with E-state index in [1.807, 2.05) is 0 Å². The highest BCUT2D eigenvalue weighted by Crippen LogP contribution is 2.35. The summed E-state index contributed by atoms with van der Waals surface area (Å²) >= 11 is 18.6. The zero-order valence-electron chi connectivity index (χ0n) is 14.1. The molecule has 3 rings (SSSR count). The molecule has 1 aliphatic rings. The van der Waals surface area contributed by atoms with E-state index >= 15 is 0 Å². The lowest BCUT2D eigenvalue weighted by atomic mass is 10.1. The van der Waals surface area contributed by atoms with Crippen molar-refractivity contribution in [3.05, 3.63) is 60.5 Å². The van der Waals surface area contributed by atoms with Gasteiger partial charge in [-0.3, -0.25) is 14.9 Å². The van der Waals surface area contributed by atoms with Crippen LogP contribution in [0.15, 0.2) is 44.9 Å². The lowest BCUT2D eigenvalue weighted by Gasteiger charge is -2.26. The minimum absolute atomic E-state index is 0.166. The smallest absolute Gasteiger partial charge is 0.335 e. The Morgan fingerprint density at radius 2 is 1.79 bits per heavy atom. The molecule has 0 bridgehead atoms. The molecule has 0 unspecified atom stereocenters. The molecule has 0 radical (unpaired) electrons. The van der Waals surface area contributed by atoms with E-state index < -0.39 is 17.8 Å². The van der Waals surface area contributed by atoms with Crippen LogP contribution in [0.2, 0.25) is 10.0 Å². The van der Waals surface area contributed by atoms with Gasteiger partial charge in [0, 0.05) is 10.0 Å². The third-order valence-corrected chi connectivity index (χ3v) is 5.59. The second-order valence-electron chi connectivity index (χ2n) is 5.57. The number of nitrogens with zero attached hydrogens (tertiary/aromatic N) is 1. The summed E-state index contributed by atoms with van der Waals surface area (Å²) in [5.41, 5.74) is 0.400. The SMILES string of the molecule is COc1c(Br)cc(Br)cc1/C=C1\C(=O)NC(=O)N(c2ccc(Cl)c(Cl)c2)C1=O. The summed E-state index contributed by atoms with van der Waals surface area (Å²) in [7, 11) is 1.46. The minimum atomic E-state index is -0.882. The molecule has 0 spiro atoms. The zero-order valence-corrected chi connectivity index (χ0v) is 18.7. The average Bonchev–Trinajstić information content (AvgIpc) is 2.61. The van der Waals surface area contributed by atoms with Crippen molar-refractivity contribution in [3.8, 4) is 5.75 Å². The number of ether oxygens (including phenoxy) is 1. The van der Waals surface area contributed by atoms with E-state index in [2.05, 4.69) is 37.2 Å². The highest BCUT2D eigenvalue weighted by atomic mass is 79.9. The Balaban J connectivity index is 2.10. The normalized spacial score (nSPS) is 15.8. The molecule has 1 aliphatic heterocycles. The average molecular weight is 549 g/mol. The maximum atomic E-state index is 13.0. The summed E-state index contributed by atoms with van der Waals surface area (Å²) in [4.78, 5) is 38.4. The molecule has 1 N–H and O–H groups in total. The number of imide groups is 2. The first-order valence-corrected chi connectivity index (χ1v) is 9.96. The molecule has 0 atom stereocenters. The van der Waals surface area contributed by atoms with Gasteiger partial charge >= 0.3 is 6.03 Å². The van der Waals surface area contributed by atoms with Gasteiger partial charge in [0.2, 0.25) is 0 Å². The fourth-order valence-corrected chi connectivity index (χ4v) is 4.29. The number of urea groups is 1. The van der Waals surface area contributed by atoms with Gasteiger partial charge in [-0.25, -0.2) is 9.69 Å². The minimum Gasteiger partial charge on any atom is -0.495 e. The van der Waals surface area contributed by atoms with Crippen molar-refractivity contribution in [2.75, 3.05) is 12.0 Å². The molecule has 0 saturated carbocycles. The van der Waals surface area contributed by atoms with E-state index in [1.165, 1.54) is 31.4 Å². The molecule has 2 aromatic rings. The molecule has 6 nitrogen and oxygen atoms in total. The third kappa shape index (κ3) is 3.96. The number of anilines is 1. The van der Waals surface area contributed by atoms with Crippen molar-refractivity contribution in [1.29, 1.82) is 0 Å². The Morgan fingerprint density at radius 3 is 2.43 bits per heavy atom. The topological polar surface area (TPSA) is 75.7 Å². The fraction of sp³-hybridized carbons (Fsp3) is 0.0556. The highest BCUT2D eigenvalue weighted by molar-refractivity contribution is 9.11. The van der Waals surface area contributed by atoms with Crippen LogP contribution < -0.4 is 15.0 Å². The van der Waals surface area contributed by atoms with Crippen LogP contribution in [0.1, 0.15) is 5.56 Å². The van der Waals surface area contributed by atoms with E-state index in [0.29, 0.717) is 20.3 Å². The van der Waals surface area contributed by atoms with Crippen LogP contribution in [-0.4, -0.2) is 25.0 Å². The molecule has 144 valence electrons. The molecule has 0 aromatic heterocycles. The quantitative estimate of drug-likeness (QED) is 0.423. The van der Waals surface area contributed by atoms with Crippen molar-refractivity contribution < 1.29 is 19.1 Å². The largest absolute Gasteiger partial charge is 0.495 e. The molecule has 4 amide bonds. The first-order valence-electron chi connectivity index (χ1n) is 7.62. The Morgan fingerprint density at radius 1 is 1.07 bits per heavy atom. The van der Waals surface area contributed by atoms with Crippen LogP contribution in [0.4, 0.5) is 10.5 Å². The number of carbonyl (C=O) groups excluding carboxylic acids is 3. The zero-order chi connectivity index (χ0) is 20.6. The van der Waals surface area contributed by atoms with Crippen LogP contribution in [0, 0.1) is 0 Å². The molecular formula is C18H10Br2Cl2N2O4. The van der Waals surface area contributed by atoms with Crippen molar-refractivity contribution in [3.63, 3.8) is 0 Å². The lowest BCUT2D eigenvalue weighted by molar-refractivity contribution is -0.122. The van der Waals surface area contributed by atoms with Crippen LogP contribution in [0.5, 0.6) is 5.75 Å². The predicted molar refractivity (Wildman–Crippen MR) is 114 cm³/mol. The van der Waals surface area contributed by atoms with E-state index in [4.69, 9.17) is 27.9 Å². The van der Waals surface area contributed by atoms with Crippen LogP contribution >= 0.6 is 55.1 Å². The molecule has 28 heavy (non-hydrogen) atoms. The van der Waals surface area contributed by atoms with Gasteiger partial charge in [-0.2, -0.15) is 0 Å². The van der Waals surface area contributed by atoms with E-state index in [1.54, 1.807) is 12.1 Å². The van der Waals surface area contributed by atoms with Crippen molar-refractivity contribution in [1.82, 2.24) is 5.32 Å². The van der Waals surface area contributed by atoms with Crippen LogP contribution in [0.3, 0.4) is 0 Å². The number of barbiturate groups is 1. The molecule has 2 aromatic carbocycles. The number of methoxy groups -OCH3 is 1. The number of hydrogen-bond donors (Lipinski definition) is 1. The maximum absolute atomic E-state index is 13.0. The first-order chi connectivity index (χ1) is 13.2. The molecule has 0 aliphatic carbocycles. The second kappa shape index (κ2) is 8.24. The van der Waals surface area contributed by atoms with Crippen LogP contribution in [0.25, 0.3) is 6.08 Å². The second-order valence-corrected chi connectivity index (χ2v) is 8.15. The van der Waals surface area contributed by atoms with Gasteiger partial charge in [0.25, 0.3) is 11.8 Å². The summed E-state index contributed by atoms with van der Waals surface area (Å²) in [6.45, 7) is 0. The van der Waals surface area contributed by atoms with Gasteiger partial charge in [-0.1, -0.05) is 39.1 Å². The van der Waals surface area contributed by atoms with Gasteiger partial charge in [0.1, 0.15) is 11.3 Å². The Bertz CT molecular complexity index is 1060. The van der Waals surface area contributed by atoms with E-state index in [0.717, 1.165) is 4.90 Å². The third-order valence-electron chi connectivity index (χ3n) is 3.80. The number of rotatable bonds is 3. The number of benzene rings is 2. The molecule has 10 heteroatoms. The number of nitrogens with one attached hydrogen (secondary N) is 1. The maximum Gasteiger partial charge on any atom is 0.335 e. The Labute approximate surface area is 186 Å². The van der Waals surface area contributed by atoms with E-state index in [-0.39, 0.29) is 21.3 Å². The van der Waals surface area contributed by atoms with Gasteiger partial charge in [0.15, 0.2) is 0 Å². The van der Waals surface area contributed by atoms with Crippen LogP contribution in [-0.2, 0) is 9.59 Å². The number of halogens is 4. The predicted octanol–water partition coefficient (Wildman–Crippen LogP) is 5.19. The van der Waals surface area contributed by atoms with E-state index in [9.17, 15) is 14.4 Å². The van der Waals surface area contributed by atoms with Gasteiger partial charge in [-0.15, -0.1) is 0 Å². The molecule has 1 heterocycles. The van der Waals surface area contributed by atoms with Gasteiger partial charge in [-0.05, 0) is 52.3 Å². The number of amides is 4. The summed E-state index contributed by atoms with van der Waals surface area (Å²) in [5.74, 6) is -1.19. The van der Waals surface area contributed by atoms with Crippen molar-refractivity contribution in [2.24, 2.45) is 0 Å². The Kier molecular flexibility index (Phi) is 6.14. The summed E-state index contributed by atoms with van der Waals surface area (Å²) in [6, 6.07) is 6.83. The summed E-state index contributed by atoms with van der Waals surface area (Å²) in [5, 5.41) is 2.58. The van der Waals surface area contributed by atoms with Crippen molar-refractivity contribution >= 4 is 84.7 Å². The number of hydrogen-bond acceptors (Lipinski definition) is 4. The fourth-order valence-electron chi connectivity index (χ4n) is 2.57. The first kappa shape index (κ1) is 20.9. The molecule has 1 saturated heterocycles. The number of carbonyl (C=O) groups is 3. The summed E-state index contributed by atoms with van der Waals surface area (Å²) < 4.78 is 6.66. The van der Waals surface area contributed by atoms with Gasteiger partial charge in [0.05, 0.1) is 27.3 Å². The van der Waals surface area contributed by atoms with Gasteiger partial charge < -0.3 is 4.74 Å². The monoisotopic (exact) mass is 546 g/mol. The lowest BCUT2D eigenvalue weighted by Crippen LogP contribution is -2.54. The summed E-state index contributed by atoms with van der Waals surface area (Å²) in [6.07, 6.45) is 1.35. The molecule has 1 fully saturated rings. The van der Waals surface area contributed by atoms with Crippen molar-refractivity contribution in [2.45, 2.75) is 0 Å².